The molecule has 0 fully saturated rings. The van der Waals surface area contributed by atoms with Crippen molar-refractivity contribution in [2.24, 2.45) is 0 Å². The van der Waals surface area contributed by atoms with Gasteiger partial charge in [0.25, 0.3) is 0 Å². The van der Waals surface area contributed by atoms with Gasteiger partial charge in [0.1, 0.15) is 6.33 Å². The molecule has 5 nitrogen and oxygen atoms in total. The van der Waals surface area contributed by atoms with Crippen LogP contribution in [0.3, 0.4) is 0 Å². The minimum absolute atomic E-state index is 0.150. The van der Waals surface area contributed by atoms with Gasteiger partial charge in [0.05, 0.1) is 0 Å². The highest BCUT2D eigenvalue weighted by atomic mass is 79.9. The predicted octanol–water partition coefficient (Wildman–Crippen LogP) is 3.14. The minimum atomic E-state index is 0.150. The predicted molar refractivity (Wildman–Crippen MR) is 75.1 cm³/mol. The van der Waals surface area contributed by atoms with E-state index in [0.717, 1.165) is 10.0 Å². The van der Waals surface area contributed by atoms with Gasteiger partial charge in [-0.1, -0.05) is 28.1 Å². The summed E-state index contributed by atoms with van der Waals surface area (Å²) >= 11 is 9.33. The molecule has 0 unspecified atom stereocenters. The second kappa shape index (κ2) is 5.07. The molecule has 19 heavy (non-hydrogen) atoms. The number of nitrogens with zero attached hydrogens (tertiary/aromatic N) is 5. The zero-order valence-corrected chi connectivity index (χ0v) is 11.9. The molecule has 7 heteroatoms. The van der Waals surface area contributed by atoms with Gasteiger partial charge >= 0.3 is 0 Å². The summed E-state index contributed by atoms with van der Waals surface area (Å²) in [5.41, 5.74) is 0.869. The van der Waals surface area contributed by atoms with Gasteiger partial charge in [-0.05, 0) is 23.7 Å². The van der Waals surface area contributed by atoms with Crippen molar-refractivity contribution in [3.63, 3.8) is 0 Å². The van der Waals surface area contributed by atoms with E-state index in [1.165, 1.54) is 0 Å². The number of rotatable bonds is 2. The summed E-state index contributed by atoms with van der Waals surface area (Å²) in [5.74, 6) is 0.964. The molecule has 3 aromatic rings. The van der Waals surface area contributed by atoms with Crippen LogP contribution < -0.4 is 0 Å². The highest BCUT2D eigenvalue weighted by molar-refractivity contribution is 9.10. The van der Waals surface area contributed by atoms with Gasteiger partial charge in [-0.3, -0.25) is 4.57 Å². The van der Waals surface area contributed by atoms with Crippen molar-refractivity contribution in [3.05, 3.63) is 52.7 Å². The molecule has 2 heterocycles. The van der Waals surface area contributed by atoms with Crippen molar-refractivity contribution in [1.82, 2.24) is 24.5 Å². The molecular weight excluding hydrogens is 330 g/mol. The Morgan fingerprint density at radius 1 is 1.05 bits per heavy atom. The number of hydrogen-bond acceptors (Lipinski definition) is 4. The lowest BCUT2D eigenvalue weighted by molar-refractivity contribution is 0.899. The van der Waals surface area contributed by atoms with Crippen molar-refractivity contribution < 1.29 is 0 Å². The Labute approximate surface area is 122 Å². The molecule has 2 aromatic heterocycles. The summed E-state index contributed by atoms with van der Waals surface area (Å²) in [6.45, 7) is 0. The summed E-state index contributed by atoms with van der Waals surface area (Å²) in [6, 6.07) is 7.66. The van der Waals surface area contributed by atoms with E-state index in [4.69, 9.17) is 11.6 Å². The quantitative estimate of drug-likeness (QED) is 0.721. The molecule has 0 saturated heterocycles. The molecule has 0 spiro atoms. The van der Waals surface area contributed by atoms with Crippen LogP contribution >= 0.6 is 27.5 Å². The van der Waals surface area contributed by atoms with Crippen LogP contribution in [0.1, 0.15) is 0 Å². The average molecular weight is 337 g/mol. The highest BCUT2D eigenvalue weighted by Gasteiger charge is 2.08. The number of benzene rings is 1. The summed E-state index contributed by atoms with van der Waals surface area (Å²) in [5, 5.41) is 0.150. The molecule has 0 aliphatic heterocycles. The first-order valence-electron chi connectivity index (χ1n) is 5.38. The van der Waals surface area contributed by atoms with Crippen LogP contribution in [0.4, 0.5) is 0 Å². The molecule has 0 amide bonds. The molecule has 0 aliphatic carbocycles. The van der Waals surface area contributed by atoms with Crippen LogP contribution in [0, 0.1) is 0 Å². The highest BCUT2D eigenvalue weighted by Crippen LogP contribution is 2.20. The molecule has 0 bridgehead atoms. The SMILES string of the molecule is Clc1nc(-c2ccc(Br)cc2)nc(-n2ccnc2)n1. The van der Waals surface area contributed by atoms with E-state index < -0.39 is 0 Å². The second-order valence-electron chi connectivity index (χ2n) is 3.70. The maximum absolute atomic E-state index is 5.94. The van der Waals surface area contributed by atoms with E-state index in [0.29, 0.717) is 11.8 Å². The van der Waals surface area contributed by atoms with Crippen LogP contribution in [-0.4, -0.2) is 24.5 Å². The topological polar surface area (TPSA) is 56.5 Å². The van der Waals surface area contributed by atoms with E-state index in [1.807, 2.05) is 24.3 Å². The van der Waals surface area contributed by atoms with Crippen molar-refractivity contribution >= 4 is 27.5 Å². The molecule has 0 aliphatic rings. The summed E-state index contributed by atoms with van der Waals surface area (Å²) in [6.07, 6.45) is 5.01. The van der Waals surface area contributed by atoms with Crippen molar-refractivity contribution in [2.45, 2.75) is 0 Å². The fourth-order valence-electron chi connectivity index (χ4n) is 1.56. The Hall–Kier alpha value is -1.79. The van der Waals surface area contributed by atoms with Crippen LogP contribution in [0.5, 0.6) is 0 Å². The number of aromatic nitrogens is 5. The summed E-state index contributed by atoms with van der Waals surface area (Å²) in [7, 11) is 0. The Morgan fingerprint density at radius 3 is 2.53 bits per heavy atom. The second-order valence-corrected chi connectivity index (χ2v) is 4.96. The zero-order chi connectivity index (χ0) is 13.2. The summed E-state index contributed by atoms with van der Waals surface area (Å²) < 4.78 is 2.67. The zero-order valence-electron chi connectivity index (χ0n) is 9.53. The van der Waals surface area contributed by atoms with Crippen LogP contribution in [-0.2, 0) is 0 Å². The lowest BCUT2D eigenvalue weighted by Gasteiger charge is -2.04. The monoisotopic (exact) mass is 335 g/mol. The molecule has 0 radical (unpaired) electrons. The Bertz CT molecular complexity index is 697. The van der Waals surface area contributed by atoms with Gasteiger partial charge in [0.15, 0.2) is 5.82 Å². The fourth-order valence-corrected chi connectivity index (χ4v) is 1.98. The first-order chi connectivity index (χ1) is 9.22. The Kier molecular flexibility index (Phi) is 3.27. The van der Waals surface area contributed by atoms with Gasteiger partial charge in [-0.25, -0.2) is 4.98 Å². The molecular formula is C12H7BrClN5. The summed E-state index contributed by atoms with van der Waals surface area (Å²) in [4.78, 5) is 16.5. The molecule has 0 saturated carbocycles. The maximum Gasteiger partial charge on any atom is 0.239 e. The molecule has 3 rings (SSSR count). The van der Waals surface area contributed by atoms with Crippen molar-refractivity contribution in [2.75, 3.05) is 0 Å². The minimum Gasteiger partial charge on any atom is -0.274 e. The lowest BCUT2D eigenvalue weighted by atomic mass is 10.2. The third-order valence-electron chi connectivity index (χ3n) is 2.43. The van der Waals surface area contributed by atoms with Crippen molar-refractivity contribution in [1.29, 1.82) is 0 Å². The first kappa shape index (κ1) is 12.3. The average Bonchev–Trinajstić information content (AvgIpc) is 2.93. The third-order valence-corrected chi connectivity index (χ3v) is 3.13. The van der Waals surface area contributed by atoms with Crippen LogP contribution in [0.15, 0.2) is 47.5 Å². The largest absolute Gasteiger partial charge is 0.274 e. The van der Waals surface area contributed by atoms with E-state index in [9.17, 15) is 0 Å². The van der Waals surface area contributed by atoms with Gasteiger partial charge < -0.3 is 0 Å². The van der Waals surface area contributed by atoms with Gasteiger partial charge in [0, 0.05) is 22.4 Å². The fraction of sp³-hybridized carbons (Fsp3) is 0. The van der Waals surface area contributed by atoms with Crippen LogP contribution in [0.2, 0.25) is 5.28 Å². The number of halogens is 2. The van der Waals surface area contributed by atoms with Gasteiger partial charge in [-0.15, -0.1) is 0 Å². The Balaban J connectivity index is 2.10. The number of hydrogen-bond donors (Lipinski definition) is 0. The van der Waals surface area contributed by atoms with Crippen molar-refractivity contribution in [3.8, 4) is 17.3 Å². The normalized spacial score (nSPS) is 10.6. The van der Waals surface area contributed by atoms with Gasteiger partial charge in [-0.2, -0.15) is 15.0 Å². The smallest absolute Gasteiger partial charge is 0.239 e. The van der Waals surface area contributed by atoms with E-state index in [1.54, 1.807) is 23.3 Å². The van der Waals surface area contributed by atoms with E-state index in [-0.39, 0.29) is 5.28 Å². The van der Waals surface area contributed by atoms with Gasteiger partial charge in [0.2, 0.25) is 11.2 Å². The third kappa shape index (κ3) is 2.64. The molecule has 0 N–H and O–H groups in total. The molecule has 94 valence electrons. The van der Waals surface area contributed by atoms with E-state index in [2.05, 4.69) is 35.9 Å². The Morgan fingerprint density at radius 2 is 1.84 bits per heavy atom. The maximum atomic E-state index is 5.94. The standard InChI is InChI=1S/C12H7BrClN5/c13-9-3-1-8(2-4-9)10-16-11(14)18-12(17-10)19-6-5-15-7-19/h1-7H. The number of imidazole rings is 1. The first-order valence-corrected chi connectivity index (χ1v) is 6.55. The lowest BCUT2D eigenvalue weighted by Crippen LogP contribution is -2.02. The molecule has 1 aromatic carbocycles. The van der Waals surface area contributed by atoms with Crippen LogP contribution in [0.25, 0.3) is 17.3 Å². The molecule has 0 atom stereocenters. The van der Waals surface area contributed by atoms with E-state index >= 15 is 0 Å².